The van der Waals surface area contributed by atoms with Crippen molar-refractivity contribution in [3.05, 3.63) is 36.0 Å². The van der Waals surface area contributed by atoms with E-state index in [-0.39, 0.29) is 5.78 Å². The fraction of sp³-hybridized carbons (Fsp3) is 0.412. The van der Waals surface area contributed by atoms with Crippen molar-refractivity contribution >= 4 is 23.2 Å². The van der Waals surface area contributed by atoms with Crippen molar-refractivity contribution in [1.29, 1.82) is 0 Å². The predicted molar refractivity (Wildman–Crippen MR) is 90.1 cm³/mol. The Morgan fingerprint density at radius 2 is 1.87 bits per heavy atom. The average molecular weight is 311 g/mol. The van der Waals surface area contributed by atoms with E-state index >= 15 is 0 Å². The number of ketones is 1. The van der Waals surface area contributed by atoms with Crippen LogP contribution in [0.2, 0.25) is 0 Å². The lowest BCUT2D eigenvalue weighted by molar-refractivity contribution is 0.101. The van der Waals surface area contributed by atoms with Crippen LogP contribution < -0.4 is 10.6 Å². The van der Waals surface area contributed by atoms with Gasteiger partial charge in [-0.2, -0.15) is 10.1 Å². The first-order valence-corrected chi connectivity index (χ1v) is 8.05. The number of hydrogen-bond donors (Lipinski definition) is 2. The smallest absolute Gasteiger partial charge is 0.249 e. The third-order valence-corrected chi connectivity index (χ3v) is 4.06. The Balaban J connectivity index is 1.65. The summed E-state index contributed by atoms with van der Waals surface area (Å²) >= 11 is 0. The summed E-state index contributed by atoms with van der Waals surface area (Å²) in [6, 6.07) is 7.70. The third kappa shape index (κ3) is 4.25. The lowest BCUT2D eigenvalue weighted by atomic mass is 9.96. The fourth-order valence-electron chi connectivity index (χ4n) is 2.80. The second-order valence-electron chi connectivity index (χ2n) is 5.90. The minimum Gasteiger partial charge on any atom is -0.366 e. The highest BCUT2D eigenvalue weighted by Gasteiger charge is 2.14. The number of hydrogen-bond acceptors (Lipinski definition) is 6. The largest absolute Gasteiger partial charge is 0.366 e. The molecule has 1 aromatic heterocycles. The number of carbonyl (C=O) groups excluding carboxylic acids is 1. The molecule has 1 aliphatic rings. The molecule has 1 heterocycles. The topological polar surface area (TPSA) is 79.8 Å². The Hall–Kier alpha value is -2.50. The summed E-state index contributed by atoms with van der Waals surface area (Å²) in [5.74, 6) is 1.24. The average Bonchev–Trinajstić information content (AvgIpc) is 2.57. The molecular weight excluding hydrogens is 290 g/mol. The van der Waals surface area contributed by atoms with Gasteiger partial charge in [0.1, 0.15) is 0 Å². The number of carbonyl (C=O) groups is 1. The van der Waals surface area contributed by atoms with Crippen molar-refractivity contribution < 1.29 is 4.79 Å². The molecule has 1 saturated carbocycles. The first-order valence-electron chi connectivity index (χ1n) is 8.05. The predicted octanol–water partition coefficient (Wildman–Crippen LogP) is 3.56. The zero-order valence-electron chi connectivity index (χ0n) is 13.2. The van der Waals surface area contributed by atoms with Crippen LogP contribution in [0.3, 0.4) is 0 Å². The zero-order valence-corrected chi connectivity index (χ0v) is 13.2. The van der Waals surface area contributed by atoms with Gasteiger partial charge in [-0.05, 0) is 44.0 Å². The molecule has 0 spiro atoms. The molecule has 2 aromatic rings. The van der Waals surface area contributed by atoms with E-state index in [9.17, 15) is 4.79 Å². The molecule has 0 atom stereocenters. The molecule has 1 aromatic carbocycles. The number of Topliss-reactive ketones (excluding diaryl/α,β-unsaturated/α-hetero) is 1. The highest BCUT2D eigenvalue weighted by Crippen LogP contribution is 2.21. The summed E-state index contributed by atoms with van der Waals surface area (Å²) in [5.41, 5.74) is 1.51. The standard InChI is InChI=1S/C17H21N5O/c1-12(23)13-7-9-15(10-8-13)20-17-21-16(11-18-22-17)19-14-5-3-2-4-6-14/h7-11,14H,2-6H2,1H3,(H2,19,20,21,22). The summed E-state index contributed by atoms with van der Waals surface area (Å²) in [4.78, 5) is 15.7. The van der Waals surface area contributed by atoms with E-state index < -0.39 is 0 Å². The van der Waals surface area contributed by atoms with Gasteiger partial charge in [-0.15, -0.1) is 5.10 Å². The lowest BCUT2D eigenvalue weighted by Gasteiger charge is -2.23. The van der Waals surface area contributed by atoms with Crippen molar-refractivity contribution in [2.45, 2.75) is 45.1 Å². The zero-order chi connectivity index (χ0) is 16.1. The Kier molecular flexibility index (Phi) is 4.80. The highest BCUT2D eigenvalue weighted by molar-refractivity contribution is 5.94. The highest BCUT2D eigenvalue weighted by atomic mass is 16.1. The summed E-state index contributed by atoms with van der Waals surface area (Å²) in [6.07, 6.45) is 7.87. The van der Waals surface area contributed by atoms with Crippen molar-refractivity contribution in [2.75, 3.05) is 10.6 Å². The van der Waals surface area contributed by atoms with E-state index in [4.69, 9.17) is 0 Å². The molecule has 3 rings (SSSR count). The molecule has 6 nitrogen and oxygen atoms in total. The van der Waals surface area contributed by atoms with E-state index in [2.05, 4.69) is 25.8 Å². The number of nitrogens with one attached hydrogen (secondary N) is 2. The maximum absolute atomic E-state index is 11.3. The van der Waals surface area contributed by atoms with Crippen LogP contribution in [-0.4, -0.2) is 27.0 Å². The van der Waals surface area contributed by atoms with E-state index in [1.807, 2.05) is 12.1 Å². The SMILES string of the molecule is CC(=O)c1ccc(Nc2nncc(NC3CCCCC3)n2)cc1. The minimum atomic E-state index is 0.0492. The molecular formula is C17H21N5O. The molecule has 2 N–H and O–H groups in total. The first kappa shape index (κ1) is 15.4. The van der Waals surface area contributed by atoms with E-state index in [1.165, 1.54) is 32.1 Å². The number of anilines is 3. The van der Waals surface area contributed by atoms with Crippen LogP contribution in [0.4, 0.5) is 17.5 Å². The number of rotatable bonds is 5. The normalized spacial score (nSPS) is 15.2. The molecule has 0 aliphatic heterocycles. The van der Waals surface area contributed by atoms with E-state index in [0.717, 1.165) is 11.5 Å². The molecule has 23 heavy (non-hydrogen) atoms. The Morgan fingerprint density at radius 1 is 1.13 bits per heavy atom. The van der Waals surface area contributed by atoms with Crippen molar-refractivity contribution in [2.24, 2.45) is 0 Å². The van der Waals surface area contributed by atoms with Crippen molar-refractivity contribution in [1.82, 2.24) is 15.2 Å². The number of benzene rings is 1. The van der Waals surface area contributed by atoms with Gasteiger partial charge in [-0.3, -0.25) is 4.79 Å². The second-order valence-corrected chi connectivity index (χ2v) is 5.90. The molecule has 0 bridgehead atoms. The van der Waals surface area contributed by atoms with E-state index in [1.54, 1.807) is 25.3 Å². The molecule has 0 amide bonds. The van der Waals surface area contributed by atoms with Crippen LogP contribution in [0, 0.1) is 0 Å². The van der Waals surface area contributed by atoms with Crippen molar-refractivity contribution in [3.8, 4) is 0 Å². The maximum atomic E-state index is 11.3. The maximum Gasteiger partial charge on any atom is 0.249 e. The van der Waals surface area contributed by atoms with Gasteiger partial charge in [-0.1, -0.05) is 19.3 Å². The number of aromatic nitrogens is 3. The van der Waals surface area contributed by atoms with Gasteiger partial charge in [0.15, 0.2) is 11.6 Å². The molecule has 6 heteroatoms. The lowest BCUT2D eigenvalue weighted by Crippen LogP contribution is -2.23. The molecule has 0 radical (unpaired) electrons. The van der Waals surface area contributed by atoms with Gasteiger partial charge >= 0.3 is 0 Å². The molecule has 0 unspecified atom stereocenters. The van der Waals surface area contributed by atoms with Gasteiger partial charge in [0.05, 0.1) is 6.20 Å². The Morgan fingerprint density at radius 3 is 2.57 bits per heavy atom. The van der Waals surface area contributed by atoms with Crippen LogP contribution in [0.25, 0.3) is 0 Å². The summed E-state index contributed by atoms with van der Waals surface area (Å²) < 4.78 is 0. The number of nitrogens with zero attached hydrogens (tertiary/aromatic N) is 3. The minimum absolute atomic E-state index is 0.0492. The monoisotopic (exact) mass is 311 g/mol. The van der Waals surface area contributed by atoms with Gasteiger partial charge in [0.25, 0.3) is 0 Å². The molecule has 1 fully saturated rings. The van der Waals surface area contributed by atoms with Crippen LogP contribution in [-0.2, 0) is 0 Å². The Bertz CT molecular complexity index is 665. The van der Waals surface area contributed by atoms with Gasteiger partial charge in [0, 0.05) is 17.3 Å². The van der Waals surface area contributed by atoms with Crippen LogP contribution >= 0.6 is 0 Å². The van der Waals surface area contributed by atoms with Gasteiger partial charge in [0.2, 0.25) is 5.95 Å². The summed E-state index contributed by atoms with van der Waals surface area (Å²) in [7, 11) is 0. The molecule has 0 saturated heterocycles. The third-order valence-electron chi connectivity index (χ3n) is 4.06. The van der Waals surface area contributed by atoms with Crippen molar-refractivity contribution in [3.63, 3.8) is 0 Å². The van der Waals surface area contributed by atoms with Crippen LogP contribution in [0.15, 0.2) is 30.5 Å². The quantitative estimate of drug-likeness (QED) is 0.822. The molecule has 120 valence electrons. The Labute approximate surface area is 135 Å². The molecule has 1 aliphatic carbocycles. The van der Waals surface area contributed by atoms with Gasteiger partial charge < -0.3 is 10.6 Å². The van der Waals surface area contributed by atoms with Gasteiger partial charge in [-0.25, -0.2) is 0 Å². The summed E-state index contributed by atoms with van der Waals surface area (Å²) in [6.45, 7) is 1.55. The van der Waals surface area contributed by atoms with E-state index in [0.29, 0.717) is 17.6 Å². The first-order chi connectivity index (χ1) is 11.2. The second kappa shape index (κ2) is 7.17. The van der Waals surface area contributed by atoms with Crippen LogP contribution in [0.5, 0.6) is 0 Å². The fourth-order valence-corrected chi connectivity index (χ4v) is 2.80. The van der Waals surface area contributed by atoms with Crippen LogP contribution in [0.1, 0.15) is 49.4 Å². The summed E-state index contributed by atoms with van der Waals surface area (Å²) in [5, 5.41) is 14.6.